The number of hydrogen-bond donors (Lipinski definition) is 2. The lowest BCUT2D eigenvalue weighted by atomic mass is 9.92. The Morgan fingerprint density at radius 2 is 1.89 bits per heavy atom. The Morgan fingerprint density at radius 3 is 2.39 bits per heavy atom. The second-order valence-corrected chi connectivity index (χ2v) is 5.18. The van der Waals surface area contributed by atoms with E-state index in [0.29, 0.717) is 18.0 Å². The summed E-state index contributed by atoms with van der Waals surface area (Å²) in [5.74, 6) is 0.561. The van der Waals surface area contributed by atoms with E-state index in [-0.39, 0.29) is 5.91 Å². The van der Waals surface area contributed by atoms with Gasteiger partial charge in [0.2, 0.25) is 5.91 Å². The Bertz CT molecular complexity index is 453. The summed E-state index contributed by atoms with van der Waals surface area (Å²) in [4.78, 5) is 12.1. The molecular formula is C14H22N2O2. The highest BCUT2D eigenvalue weighted by Crippen LogP contribution is 2.29. The number of amides is 1. The molecule has 4 nitrogen and oxygen atoms in total. The molecule has 0 atom stereocenters. The second kappa shape index (κ2) is 5.40. The van der Waals surface area contributed by atoms with Crippen molar-refractivity contribution in [3.63, 3.8) is 0 Å². The maximum Gasteiger partial charge on any atom is 0.231 e. The second-order valence-electron chi connectivity index (χ2n) is 5.18. The van der Waals surface area contributed by atoms with Gasteiger partial charge in [-0.3, -0.25) is 4.79 Å². The number of nitrogens with two attached hydrogens (primary N) is 1. The minimum absolute atomic E-state index is 0.105. The Balaban J connectivity index is 3.04. The summed E-state index contributed by atoms with van der Waals surface area (Å²) in [6.07, 6.45) is 0. The number of hydrogen-bond acceptors (Lipinski definition) is 3. The molecule has 3 N–H and O–H groups in total. The lowest BCUT2D eigenvalue weighted by Crippen LogP contribution is -2.37. The number of ether oxygens (including phenoxy) is 1. The van der Waals surface area contributed by atoms with Crippen LogP contribution in [0.3, 0.4) is 0 Å². The molecule has 0 heterocycles. The zero-order chi connectivity index (χ0) is 13.9. The first kappa shape index (κ1) is 14.5. The van der Waals surface area contributed by atoms with E-state index in [0.717, 1.165) is 11.1 Å². The molecule has 0 aliphatic heterocycles. The summed E-state index contributed by atoms with van der Waals surface area (Å²) in [6, 6.07) is 3.83. The third-order valence-corrected chi connectivity index (χ3v) is 3.19. The van der Waals surface area contributed by atoms with Gasteiger partial charge in [0.25, 0.3) is 0 Å². The molecule has 0 fully saturated rings. The SMILES string of the molecule is COc1cc(C)c(C)cc1NC(=O)C(C)(C)CN. The number of nitrogens with one attached hydrogen (secondary N) is 1. The third-order valence-electron chi connectivity index (χ3n) is 3.19. The molecule has 0 aromatic heterocycles. The number of carbonyl (C=O) groups is 1. The Labute approximate surface area is 109 Å². The van der Waals surface area contributed by atoms with E-state index in [2.05, 4.69) is 5.32 Å². The predicted molar refractivity (Wildman–Crippen MR) is 73.9 cm³/mol. The molecule has 1 rings (SSSR count). The average molecular weight is 250 g/mol. The van der Waals surface area contributed by atoms with Crippen LogP contribution in [-0.4, -0.2) is 19.6 Å². The summed E-state index contributed by atoms with van der Waals surface area (Å²) < 4.78 is 5.28. The summed E-state index contributed by atoms with van der Waals surface area (Å²) in [6.45, 7) is 7.93. The number of carbonyl (C=O) groups excluding carboxylic acids is 1. The first-order chi connectivity index (χ1) is 8.31. The van der Waals surface area contributed by atoms with Crippen molar-refractivity contribution in [2.45, 2.75) is 27.7 Å². The number of benzene rings is 1. The zero-order valence-corrected chi connectivity index (χ0v) is 11.8. The highest BCUT2D eigenvalue weighted by atomic mass is 16.5. The van der Waals surface area contributed by atoms with Gasteiger partial charge in [-0.1, -0.05) is 0 Å². The van der Waals surface area contributed by atoms with Crippen molar-refractivity contribution in [1.29, 1.82) is 0 Å². The van der Waals surface area contributed by atoms with Gasteiger partial charge in [-0.2, -0.15) is 0 Å². The molecule has 1 aromatic rings. The van der Waals surface area contributed by atoms with E-state index in [1.165, 1.54) is 0 Å². The molecule has 0 bridgehead atoms. The monoisotopic (exact) mass is 250 g/mol. The topological polar surface area (TPSA) is 64.3 Å². The fourth-order valence-electron chi connectivity index (χ4n) is 1.44. The average Bonchev–Trinajstić information content (AvgIpc) is 2.33. The summed E-state index contributed by atoms with van der Waals surface area (Å²) in [5, 5.41) is 2.88. The minimum atomic E-state index is -0.593. The quantitative estimate of drug-likeness (QED) is 0.861. The summed E-state index contributed by atoms with van der Waals surface area (Å²) >= 11 is 0. The fourth-order valence-corrected chi connectivity index (χ4v) is 1.44. The predicted octanol–water partition coefficient (Wildman–Crippen LogP) is 2.24. The molecule has 0 spiro atoms. The van der Waals surface area contributed by atoms with Gasteiger partial charge in [0.15, 0.2) is 0 Å². The molecule has 0 saturated heterocycles. The van der Waals surface area contributed by atoms with Crippen LogP contribution in [0.5, 0.6) is 5.75 Å². The van der Waals surface area contributed by atoms with Crippen LogP contribution in [0.15, 0.2) is 12.1 Å². The molecule has 0 aliphatic carbocycles. The van der Waals surface area contributed by atoms with Crippen LogP contribution < -0.4 is 15.8 Å². The maximum absolute atomic E-state index is 12.1. The van der Waals surface area contributed by atoms with Crippen LogP contribution in [-0.2, 0) is 4.79 Å². The standard InChI is InChI=1S/C14H22N2O2/c1-9-6-11(12(18-5)7-10(9)2)16-13(17)14(3,4)8-15/h6-7H,8,15H2,1-5H3,(H,16,17). The number of anilines is 1. The van der Waals surface area contributed by atoms with Crippen LogP contribution >= 0.6 is 0 Å². The molecule has 4 heteroatoms. The number of methoxy groups -OCH3 is 1. The first-order valence-corrected chi connectivity index (χ1v) is 5.98. The molecule has 0 radical (unpaired) electrons. The third kappa shape index (κ3) is 3.01. The number of rotatable bonds is 4. The summed E-state index contributed by atoms with van der Waals surface area (Å²) in [7, 11) is 1.59. The molecule has 100 valence electrons. The fraction of sp³-hybridized carbons (Fsp3) is 0.500. The van der Waals surface area contributed by atoms with Gasteiger partial charge >= 0.3 is 0 Å². The first-order valence-electron chi connectivity index (χ1n) is 5.98. The highest BCUT2D eigenvalue weighted by molar-refractivity contribution is 5.96. The Morgan fingerprint density at radius 1 is 1.33 bits per heavy atom. The molecule has 0 saturated carbocycles. The minimum Gasteiger partial charge on any atom is -0.495 e. The van der Waals surface area contributed by atoms with Crippen molar-refractivity contribution >= 4 is 11.6 Å². The lowest BCUT2D eigenvalue weighted by Gasteiger charge is -2.22. The normalized spacial score (nSPS) is 11.2. The van der Waals surface area contributed by atoms with Crippen LogP contribution in [0.25, 0.3) is 0 Å². The zero-order valence-electron chi connectivity index (χ0n) is 11.8. The van der Waals surface area contributed by atoms with Gasteiger partial charge in [-0.15, -0.1) is 0 Å². The van der Waals surface area contributed by atoms with Gasteiger partial charge in [-0.25, -0.2) is 0 Å². The molecular weight excluding hydrogens is 228 g/mol. The van der Waals surface area contributed by atoms with Crippen molar-refractivity contribution in [1.82, 2.24) is 0 Å². The highest BCUT2D eigenvalue weighted by Gasteiger charge is 2.26. The van der Waals surface area contributed by atoms with Gasteiger partial charge in [0.05, 0.1) is 18.2 Å². The molecule has 1 amide bonds. The Kier molecular flexibility index (Phi) is 4.35. The van der Waals surface area contributed by atoms with Crippen LogP contribution in [0.2, 0.25) is 0 Å². The number of aryl methyl sites for hydroxylation is 2. The van der Waals surface area contributed by atoms with E-state index < -0.39 is 5.41 Å². The molecule has 1 aromatic carbocycles. The van der Waals surface area contributed by atoms with E-state index >= 15 is 0 Å². The van der Waals surface area contributed by atoms with Crippen molar-refractivity contribution in [3.05, 3.63) is 23.3 Å². The smallest absolute Gasteiger partial charge is 0.231 e. The van der Waals surface area contributed by atoms with E-state index in [9.17, 15) is 4.79 Å². The largest absolute Gasteiger partial charge is 0.495 e. The Hall–Kier alpha value is -1.55. The van der Waals surface area contributed by atoms with Crippen molar-refractivity contribution < 1.29 is 9.53 Å². The van der Waals surface area contributed by atoms with Gasteiger partial charge in [0.1, 0.15) is 5.75 Å². The van der Waals surface area contributed by atoms with Crippen LogP contribution in [0, 0.1) is 19.3 Å². The van der Waals surface area contributed by atoms with Gasteiger partial charge < -0.3 is 15.8 Å². The maximum atomic E-state index is 12.1. The lowest BCUT2D eigenvalue weighted by molar-refractivity contribution is -0.123. The van der Waals surface area contributed by atoms with Crippen molar-refractivity contribution in [3.8, 4) is 5.75 Å². The van der Waals surface area contributed by atoms with Gasteiger partial charge in [-0.05, 0) is 51.0 Å². The van der Waals surface area contributed by atoms with E-state index in [4.69, 9.17) is 10.5 Å². The van der Waals surface area contributed by atoms with Gasteiger partial charge in [0, 0.05) is 6.54 Å². The van der Waals surface area contributed by atoms with Crippen LogP contribution in [0.4, 0.5) is 5.69 Å². The van der Waals surface area contributed by atoms with Crippen molar-refractivity contribution in [2.75, 3.05) is 19.0 Å². The summed E-state index contributed by atoms with van der Waals surface area (Å²) in [5.41, 5.74) is 7.92. The van der Waals surface area contributed by atoms with Crippen LogP contribution in [0.1, 0.15) is 25.0 Å². The van der Waals surface area contributed by atoms with E-state index in [1.54, 1.807) is 7.11 Å². The van der Waals surface area contributed by atoms with E-state index in [1.807, 2.05) is 39.8 Å². The molecule has 18 heavy (non-hydrogen) atoms. The molecule has 0 aliphatic rings. The molecule has 0 unspecified atom stereocenters. The van der Waals surface area contributed by atoms with Crippen molar-refractivity contribution in [2.24, 2.45) is 11.1 Å².